The van der Waals surface area contributed by atoms with Crippen LogP contribution in [0, 0.1) is 11.8 Å². The van der Waals surface area contributed by atoms with E-state index in [1.807, 2.05) is 0 Å². The van der Waals surface area contributed by atoms with Crippen LogP contribution in [0.25, 0.3) is 0 Å². The van der Waals surface area contributed by atoms with Crippen molar-refractivity contribution in [2.75, 3.05) is 20.3 Å². The molecule has 0 spiro atoms. The summed E-state index contributed by atoms with van der Waals surface area (Å²) in [7, 11) is 1.27. The fourth-order valence-corrected chi connectivity index (χ4v) is 1.65. The molecule has 14 heavy (non-hydrogen) atoms. The Hall–Kier alpha value is -1.10. The van der Waals surface area contributed by atoms with Gasteiger partial charge in [-0.25, -0.2) is 0 Å². The minimum absolute atomic E-state index is 0.370. The molecular formula is C9H14O5. The van der Waals surface area contributed by atoms with Crippen LogP contribution in [0.1, 0.15) is 12.8 Å². The van der Waals surface area contributed by atoms with E-state index in [1.54, 1.807) is 0 Å². The van der Waals surface area contributed by atoms with Crippen LogP contribution in [-0.2, 0) is 19.1 Å². The van der Waals surface area contributed by atoms with Crippen molar-refractivity contribution >= 4 is 11.9 Å². The molecule has 1 aliphatic rings. The molecule has 0 amide bonds. The van der Waals surface area contributed by atoms with Crippen molar-refractivity contribution < 1.29 is 24.2 Å². The van der Waals surface area contributed by atoms with Crippen LogP contribution in [0.5, 0.6) is 0 Å². The molecule has 5 nitrogen and oxygen atoms in total. The predicted molar refractivity (Wildman–Crippen MR) is 46.7 cm³/mol. The lowest BCUT2D eigenvalue weighted by Gasteiger charge is -2.17. The molecule has 1 fully saturated rings. The zero-order chi connectivity index (χ0) is 10.6. The second-order valence-corrected chi connectivity index (χ2v) is 3.26. The molecule has 0 saturated carbocycles. The Labute approximate surface area is 82.0 Å². The summed E-state index contributed by atoms with van der Waals surface area (Å²) >= 11 is 0. The quantitative estimate of drug-likeness (QED) is 0.651. The highest BCUT2D eigenvalue weighted by molar-refractivity contribution is 5.81. The lowest BCUT2D eigenvalue weighted by molar-refractivity contribution is -0.155. The van der Waals surface area contributed by atoms with Crippen molar-refractivity contribution in [3.63, 3.8) is 0 Å². The number of methoxy groups -OCH3 is 1. The van der Waals surface area contributed by atoms with Gasteiger partial charge in [0.2, 0.25) is 0 Å². The number of hydrogen-bond donors (Lipinski definition) is 1. The van der Waals surface area contributed by atoms with E-state index in [0.29, 0.717) is 26.1 Å². The minimum atomic E-state index is -0.953. The number of carboxylic acids is 1. The molecule has 1 aliphatic heterocycles. The maximum Gasteiger partial charge on any atom is 0.309 e. The number of esters is 1. The Morgan fingerprint density at radius 3 is 2.36 bits per heavy atom. The maximum absolute atomic E-state index is 11.3. The number of ether oxygens (including phenoxy) is 2. The molecule has 80 valence electrons. The van der Waals surface area contributed by atoms with Gasteiger partial charge in [0, 0.05) is 13.2 Å². The summed E-state index contributed by atoms with van der Waals surface area (Å²) in [5, 5.41) is 8.91. The van der Waals surface area contributed by atoms with Crippen molar-refractivity contribution in [3.05, 3.63) is 0 Å². The molecule has 0 radical (unpaired) electrons. The van der Waals surface area contributed by atoms with Gasteiger partial charge >= 0.3 is 11.9 Å². The fraction of sp³-hybridized carbons (Fsp3) is 0.778. The number of hydrogen-bond acceptors (Lipinski definition) is 4. The highest BCUT2D eigenvalue weighted by Crippen LogP contribution is 2.24. The summed E-state index contributed by atoms with van der Waals surface area (Å²) in [5.41, 5.74) is 0. The van der Waals surface area contributed by atoms with Gasteiger partial charge in [0.05, 0.1) is 18.9 Å². The van der Waals surface area contributed by atoms with Crippen LogP contribution in [0.3, 0.4) is 0 Å². The molecule has 2 atom stereocenters. The van der Waals surface area contributed by atoms with Crippen molar-refractivity contribution in [3.8, 4) is 0 Å². The van der Waals surface area contributed by atoms with Crippen LogP contribution in [0.2, 0.25) is 0 Å². The molecule has 0 bridgehead atoms. The molecule has 0 aromatic heterocycles. The summed E-state index contributed by atoms with van der Waals surface area (Å²) in [4.78, 5) is 22.2. The summed E-state index contributed by atoms with van der Waals surface area (Å²) in [6.45, 7) is 0.813. The smallest absolute Gasteiger partial charge is 0.309 e. The van der Waals surface area contributed by atoms with Crippen LogP contribution in [-0.4, -0.2) is 37.4 Å². The van der Waals surface area contributed by atoms with Crippen LogP contribution in [0.15, 0.2) is 0 Å². The van der Waals surface area contributed by atoms with Gasteiger partial charge in [0.15, 0.2) is 0 Å². The van der Waals surface area contributed by atoms with Crippen molar-refractivity contribution in [2.45, 2.75) is 12.8 Å². The molecule has 0 aliphatic carbocycles. The van der Waals surface area contributed by atoms with E-state index in [0.717, 1.165) is 0 Å². The molecule has 0 unspecified atom stereocenters. The number of aliphatic carboxylic acids is 1. The highest BCUT2D eigenvalue weighted by atomic mass is 16.5. The van der Waals surface area contributed by atoms with Crippen LogP contribution < -0.4 is 0 Å². The Kier molecular flexibility index (Phi) is 3.88. The van der Waals surface area contributed by atoms with Gasteiger partial charge in [-0.05, 0) is 12.8 Å². The van der Waals surface area contributed by atoms with Gasteiger partial charge in [-0.2, -0.15) is 0 Å². The van der Waals surface area contributed by atoms with E-state index in [1.165, 1.54) is 7.11 Å². The summed E-state index contributed by atoms with van der Waals surface area (Å²) in [6, 6.07) is 0. The minimum Gasteiger partial charge on any atom is -0.481 e. The van der Waals surface area contributed by atoms with E-state index >= 15 is 0 Å². The van der Waals surface area contributed by atoms with E-state index in [9.17, 15) is 9.59 Å². The van der Waals surface area contributed by atoms with Crippen LogP contribution in [0.4, 0.5) is 0 Å². The molecule has 1 N–H and O–H groups in total. The normalized spacial score (nSPS) is 27.8. The van der Waals surface area contributed by atoms with Gasteiger partial charge in [-0.1, -0.05) is 0 Å². The molecule has 5 heteroatoms. The van der Waals surface area contributed by atoms with Gasteiger partial charge in [0.1, 0.15) is 0 Å². The predicted octanol–water partition coefficient (Wildman–Crippen LogP) is 0.287. The Bertz CT molecular complexity index is 225. The zero-order valence-corrected chi connectivity index (χ0v) is 8.06. The summed E-state index contributed by atoms with van der Waals surface area (Å²) in [5.74, 6) is -2.65. The average molecular weight is 202 g/mol. The number of carbonyl (C=O) groups excluding carboxylic acids is 1. The highest BCUT2D eigenvalue weighted by Gasteiger charge is 2.35. The molecule has 0 aromatic rings. The third-order valence-corrected chi connectivity index (χ3v) is 2.45. The van der Waals surface area contributed by atoms with Crippen molar-refractivity contribution in [2.24, 2.45) is 11.8 Å². The van der Waals surface area contributed by atoms with Crippen LogP contribution >= 0.6 is 0 Å². The first-order chi connectivity index (χ1) is 6.66. The number of rotatable bonds is 2. The Morgan fingerprint density at radius 2 is 1.86 bits per heavy atom. The lowest BCUT2D eigenvalue weighted by atomic mass is 9.88. The van der Waals surface area contributed by atoms with E-state index < -0.39 is 23.8 Å². The Morgan fingerprint density at radius 1 is 1.29 bits per heavy atom. The first-order valence-electron chi connectivity index (χ1n) is 4.55. The second-order valence-electron chi connectivity index (χ2n) is 3.26. The number of carboxylic acid groups (broad SMARTS) is 1. The largest absolute Gasteiger partial charge is 0.481 e. The lowest BCUT2D eigenvalue weighted by Crippen LogP contribution is -2.30. The monoisotopic (exact) mass is 202 g/mol. The average Bonchev–Trinajstić information content (AvgIpc) is 2.41. The number of carbonyl (C=O) groups is 2. The van der Waals surface area contributed by atoms with Crippen molar-refractivity contribution in [1.82, 2.24) is 0 Å². The molecule has 0 aromatic carbocycles. The SMILES string of the molecule is COC(=O)[C@@H]1CCOCC[C@H]1C(=O)O. The summed E-state index contributed by atoms with van der Waals surface area (Å²) < 4.78 is 9.70. The third-order valence-electron chi connectivity index (χ3n) is 2.45. The Balaban J connectivity index is 2.73. The summed E-state index contributed by atoms with van der Waals surface area (Å²) in [6.07, 6.45) is 0.790. The molecular weight excluding hydrogens is 188 g/mol. The van der Waals surface area contributed by atoms with Gasteiger partial charge in [-0.15, -0.1) is 0 Å². The van der Waals surface area contributed by atoms with Crippen molar-refractivity contribution in [1.29, 1.82) is 0 Å². The second kappa shape index (κ2) is 4.95. The van der Waals surface area contributed by atoms with Gasteiger partial charge in [-0.3, -0.25) is 9.59 Å². The molecule has 1 heterocycles. The first-order valence-corrected chi connectivity index (χ1v) is 4.55. The van der Waals surface area contributed by atoms with E-state index in [2.05, 4.69) is 4.74 Å². The third kappa shape index (κ3) is 2.45. The maximum atomic E-state index is 11.3. The standard InChI is InChI=1S/C9H14O5/c1-13-9(12)7-3-5-14-4-2-6(7)8(10)11/h6-7H,2-5H2,1H3,(H,10,11)/t6-,7-/m1/s1. The molecule has 1 saturated heterocycles. The van der Waals surface area contributed by atoms with Gasteiger partial charge < -0.3 is 14.6 Å². The molecule has 1 rings (SSSR count). The topological polar surface area (TPSA) is 72.8 Å². The fourth-order valence-electron chi connectivity index (χ4n) is 1.65. The first kappa shape index (κ1) is 11.0. The zero-order valence-electron chi connectivity index (χ0n) is 8.06. The van der Waals surface area contributed by atoms with E-state index in [4.69, 9.17) is 9.84 Å². The van der Waals surface area contributed by atoms with Gasteiger partial charge in [0.25, 0.3) is 0 Å². The van der Waals surface area contributed by atoms with E-state index in [-0.39, 0.29) is 0 Å².